The summed E-state index contributed by atoms with van der Waals surface area (Å²) in [5.41, 5.74) is 6.80. The van der Waals surface area contributed by atoms with Gasteiger partial charge in [-0.15, -0.1) is 11.3 Å². The molecule has 5 nitrogen and oxygen atoms in total. The number of nitrogens with zero attached hydrogens (tertiary/aromatic N) is 1. The molecule has 0 aliphatic carbocycles. The summed E-state index contributed by atoms with van der Waals surface area (Å²) in [5, 5.41) is 4.71. The first-order valence-corrected chi connectivity index (χ1v) is 6.53. The Hall–Kier alpha value is -2.10. The van der Waals surface area contributed by atoms with E-state index in [2.05, 4.69) is 22.1 Å². The predicted octanol–water partition coefficient (Wildman–Crippen LogP) is 1.28. The van der Waals surface area contributed by atoms with Crippen molar-refractivity contribution in [2.24, 2.45) is 5.73 Å². The maximum atomic E-state index is 11.8. The summed E-state index contributed by atoms with van der Waals surface area (Å²) >= 11 is 1.54. The third kappa shape index (κ3) is 3.44. The van der Waals surface area contributed by atoms with Crippen LogP contribution in [0.5, 0.6) is 0 Å². The van der Waals surface area contributed by atoms with Crippen molar-refractivity contribution in [1.29, 1.82) is 0 Å². The maximum absolute atomic E-state index is 11.8. The first-order valence-electron chi connectivity index (χ1n) is 5.65. The molecule has 0 saturated carbocycles. The molecule has 0 atom stereocenters. The number of carbonyl (C=O) groups is 1. The van der Waals surface area contributed by atoms with Gasteiger partial charge in [-0.3, -0.25) is 4.79 Å². The molecule has 2 aromatic rings. The molecule has 0 aromatic carbocycles. The second kappa shape index (κ2) is 6.18. The zero-order valence-electron chi connectivity index (χ0n) is 10.4. The van der Waals surface area contributed by atoms with Crippen molar-refractivity contribution in [2.45, 2.75) is 13.5 Å². The Morgan fingerprint density at radius 3 is 3.16 bits per heavy atom. The van der Waals surface area contributed by atoms with E-state index in [1.54, 1.807) is 6.92 Å². The molecule has 3 N–H and O–H groups in total. The topological polar surface area (TPSA) is 81.2 Å². The Labute approximate surface area is 114 Å². The number of amides is 1. The molecule has 0 fully saturated rings. The van der Waals surface area contributed by atoms with Crippen molar-refractivity contribution in [3.05, 3.63) is 39.7 Å². The van der Waals surface area contributed by atoms with Crippen LogP contribution in [0, 0.1) is 18.8 Å². The van der Waals surface area contributed by atoms with Crippen LogP contribution in [0.1, 0.15) is 26.7 Å². The molecule has 0 unspecified atom stereocenters. The number of hydrogen-bond donors (Lipinski definition) is 2. The van der Waals surface area contributed by atoms with Gasteiger partial charge >= 0.3 is 0 Å². The highest BCUT2D eigenvalue weighted by Gasteiger charge is 2.13. The van der Waals surface area contributed by atoms with Crippen LogP contribution in [-0.4, -0.2) is 17.4 Å². The Kier molecular flexibility index (Phi) is 4.34. The molecule has 98 valence electrons. The van der Waals surface area contributed by atoms with Gasteiger partial charge in [0.1, 0.15) is 0 Å². The molecule has 2 heterocycles. The molecule has 0 aliphatic heterocycles. The van der Waals surface area contributed by atoms with E-state index in [1.807, 2.05) is 11.4 Å². The van der Waals surface area contributed by atoms with Crippen LogP contribution < -0.4 is 11.1 Å². The number of oxazole rings is 1. The van der Waals surface area contributed by atoms with E-state index in [-0.39, 0.29) is 11.7 Å². The second-order valence-electron chi connectivity index (χ2n) is 3.76. The summed E-state index contributed by atoms with van der Waals surface area (Å²) in [6.45, 7) is 2.50. The molecule has 0 saturated heterocycles. The van der Waals surface area contributed by atoms with Crippen LogP contribution in [0.3, 0.4) is 0 Å². The average Bonchev–Trinajstić information content (AvgIpc) is 3.02. The van der Waals surface area contributed by atoms with Crippen LogP contribution in [0.25, 0.3) is 0 Å². The average molecular weight is 275 g/mol. The van der Waals surface area contributed by atoms with Crippen molar-refractivity contribution in [3.63, 3.8) is 0 Å². The van der Waals surface area contributed by atoms with E-state index >= 15 is 0 Å². The number of rotatable bonds is 3. The van der Waals surface area contributed by atoms with Gasteiger partial charge < -0.3 is 15.5 Å². The standard InChI is InChI=1S/C13H13N3O2S/c1-9-12(18-8-16-9)13(17)15-6-11-5-10(7-19-11)3-2-4-14/h5,7-8H,4,6,14H2,1H3,(H,15,17). The number of aromatic nitrogens is 1. The zero-order chi connectivity index (χ0) is 13.7. The highest BCUT2D eigenvalue weighted by Crippen LogP contribution is 2.14. The minimum Gasteiger partial charge on any atom is -0.438 e. The molecule has 0 radical (unpaired) electrons. The molecule has 0 aliphatic rings. The maximum Gasteiger partial charge on any atom is 0.289 e. The largest absolute Gasteiger partial charge is 0.438 e. The third-order valence-corrected chi connectivity index (χ3v) is 3.30. The summed E-state index contributed by atoms with van der Waals surface area (Å²) < 4.78 is 5.02. The van der Waals surface area contributed by atoms with Crippen LogP contribution in [0.2, 0.25) is 0 Å². The van der Waals surface area contributed by atoms with Gasteiger partial charge in [0.25, 0.3) is 5.91 Å². The van der Waals surface area contributed by atoms with Crippen molar-refractivity contribution >= 4 is 17.2 Å². The summed E-state index contributed by atoms with van der Waals surface area (Å²) in [6.07, 6.45) is 1.26. The lowest BCUT2D eigenvalue weighted by atomic mass is 10.3. The SMILES string of the molecule is Cc1ncoc1C(=O)NCc1cc(C#CCN)cs1. The Morgan fingerprint density at radius 1 is 1.63 bits per heavy atom. The van der Waals surface area contributed by atoms with E-state index in [0.29, 0.717) is 18.8 Å². The monoisotopic (exact) mass is 275 g/mol. The van der Waals surface area contributed by atoms with Crippen molar-refractivity contribution < 1.29 is 9.21 Å². The summed E-state index contributed by atoms with van der Waals surface area (Å²) in [7, 11) is 0. The van der Waals surface area contributed by atoms with E-state index < -0.39 is 0 Å². The van der Waals surface area contributed by atoms with Gasteiger partial charge in [0.2, 0.25) is 5.76 Å². The van der Waals surface area contributed by atoms with E-state index in [1.165, 1.54) is 17.7 Å². The van der Waals surface area contributed by atoms with Gasteiger partial charge in [-0.05, 0) is 13.0 Å². The van der Waals surface area contributed by atoms with E-state index in [9.17, 15) is 4.79 Å². The Bertz CT molecular complexity index is 634. The fraction of sp³-hybridized carbons (Fsp3) is 0.231. The minimum atomic E-state index is -0.266. The lowest BCUT2D eigenvalue weighted by Gasteiger charge is -2.00. The van der Waals surface area contributed by atoms with Gasteiger partial charge in [-0.1, -0.05) is 11.8 Å². The van der Waals surface area contributed by atoms with Crippen molar-refractivity contribution in [3.8, 4) is 11.8 Å². The smallest absolute Gasteiger partial charge is 0.289 e. The Morgan fingerprint density at radius 2 is 2.47 bits per heavy atom. The predicted molar refractivity (Wildman–Crippen MR) is 72.7 cm³/mol. The Balaban J connectivity index is 1.94. The highest BCUT2D eigenvalue weighted by atomic mass is 32.1. The second-order valence-corrected chi connectivity index (χ2v) is 4.75. The van der Waals surface area contributed by atoms with Gasteiger partial charge in [0, 0.05) is 15.8 Å². The van der Waals surface area contributed by atoms with Gasteiger partial charge in [-0.25, -0.2) is 4.98 Å². The zero-order valence-corrected chi connectivity index (χ0v) is 11.2. The number of nitrogens with two attached hydrogens (primary N) is 1. The lowest BCUT2D eigenvalue weighted by molar-refractivity contribution is 0.0922. The molecular weight excluding hydrogens is 262 g/mol. The number of aryl methyl sites for hydroxylation is 1. The van der Waals surface area contributed by atoms with Crippen LogP contribution >= 0.6 is 11.3 Å². The number of thiophene rings is 1. The fourth-order valence-electron chi connectivity index (χ4n) is 1.46. The quantitative estimate of drug-likeness (QED) is 0.827. The van der Waals surface area contributed by atoms with Crippen LogP contribution in [0.15, 0.2) is 22.3 Å². The van der Waals surface area contributed by atoms with Gasteiger partial charge in [-0.2, -0.15) is 0 Å². The van der Waals surface area contributed by atoms with E-state index in [4.69, 9.17) is 10.2 Å². The summed E-state index contributed by atoms with van der Waals surface area (Å²) in [4.78, 5) is 16.7. The number of carbonyl (C=O) groups excluding carboxylic acids is 1. The fourth-order valence-corrected chi connectivity index (χ4v) is 2.22. The molecule has 0 bridgehead atoms. The summed E-state index contributed by atoms with van der Waals surface area (Å²) in [6, 6.07) is 1.93. The molecule has 0 spiro atoms. The molecule has 6 heteroatoms. The molecule has 2 rings (SSSR count). The highest BCUT2D eigenvalue weighted by molar-refractivity contribution is 7.10. The first-order chi connectivity index (χ1) is 9.20. The van der Waals surface area contributed by atoms with Crippen molar-refractivity contribution in [1.82, 2.24) is 10.3 Å². The molecular formula is C13H13N3O2S. The van der Waals surface area contributed by atoms with Crippen LogP contribution in [0.4, 0.5) is 0 Å². The van der Waals surface area contributed by atoms with Gasteiger partial charge in [0.15, 0.2) is 6.39 Å². The van der Waals surface area contributed by atoms with Crippen molar-refractivity contribution in [2.75, 3.05) is 6.54 Å². The molecule has 19 heavy (non-hydrogen) atoms. The number of hydrogen-bond acceptors (Lipinski definition) is 5. The third-order valence-electron chi connectivity index (χ3n) is 2.36. The molecule has 1 amide bonds. The lowest BCUT2D eigenvalue weighted by Crippen LogP contribution is -2.22. The number of nitrogens with one attached hydrogen (secondary N) is 1. The first kappa shape index (κ1) is 13.3. The van der Waals surface area contributed by atoms with Crippen LogP contribution in [-0.2, 0) is 6.54 Å². The van der Waals surface area contributed by atoms with Gasteiger partial charge in [0.05, 0.1) is 18.8 Å². The van der Waals surface area contributed by atoms with E-state index in [0.717, 1.165) is 10.4 Å². The molecule has 2 aromatic heterocycles. The summed E-state index contributed by atoms with van der Waals surface area (Å²) in [5.74, 6) is 5.71. The normalized spacial score (nSPS) is 9.79. The minimum absolute atomic E-state index is 0.250.